The van der Waals surface area contributed by atoms with E-state index in [-0.39, 0.29) is 12.9 Å². The van der Waals surface area contributed by atoms with Crippen molar-refractivity contribution >= 4 is 0 Å². The summed E-state index contributed by atoms with van der Waals surface area (Å²) in [4.78, 5) is 0. The van der Waals surface area contributed by atoms with Crippen LogP contribution in [-0.4, -0.2) is 31.2 Å². The van der Waals surface area contributed by atoms with E-state index in [1.54, 1.807) is 0 Å². The average Bonchev–Trinajstić information content (AvgIpc) is 2.55. The lowest BCUT2D eigenvalue weighted by molar-refractivity contribution is -0.156. The van der Waals surface area contributed by atoms with Crippen molar-refractivity contribution in [1.29, 1.82) is 0 Å². The molecular weight excluding hydrogens is 276 g/mol. The highest BCUT2D eigenvalue weighted by molar-refractivity contribution is 5.30. The van der Waals surface area contributed by atoms with Gasteiger partial charge in [-0.15, -0.1) is 5.73 Å². The van der Waals surface area contributed by atoms with Crippen LogP contribution in [0.3, 0.4) is 0 Å². The molecule has 0 saturated carbocycles. The molecule has 3 nitrogen and oxygen atoms in total. The first-order valence-corrected chi connectivity index (χ1v) is 8.54. The smallest absolute Gasteiger partial charge is 0.158 e. The summed E-state index contributed by atoms with van der Waals surface area (Å²) in [5.41, 5.74) is 5.34. The van der Waals surface area contributed by atoms with E-state index in [4.69, 9.17) is 14.6 Å². The third-order valence-electron chi connectivity index (χ3n) is 3.64. The molecule has 1 rings (SSSR count). The molecule has 1 saturated heterocycles. The quantitative estimate of drug-likeness (QED) is 0.419. The summed E-state index contributed by atoms with van der Waals surface area (Å²) in [6.45, 7) is 5.35. The molecule has 1 unspecified atom stereocenters. The van der Waals surface area contributed by atoms with Gasteiger partial charge in [0.15, 0.2) is 6.29 Å². The maximum atomic E-state index is 8.88. The number of hydrogen-bond acceptors (Lipinski definition) is 3. The van der Waals surface area contributed by atoms with E-state index < -0.39 is 0 Å². The summed E-state index contributed by atoms with van der Waals surface area (Å²) in [6, 6.07) is 0. The SMILES string of the molecule is CCCCCCC(C)=C=C(C#CCO)COC1CCCCO1. The van der Waals surface area contributed by atoms with Gasteiger partial charge in [-0.2, -0.15) is 0 Å². The van der Waals surface area contributed by atoms with E-state index >= 15 is 0 Å². The van der Waals surface area contributed by atoms with Crippen molar-refractivity contribution in [1.82, 2.24) is 0 Å². The largest absolute Gasteiger partial charge is 0.384 e. The fraction of sp³-hybridized carbons (Fsp3) is 0.737. The zero-order valence-electron chi connectivity index (χ0n) is 14.1. The number of ether oxygens (including phenoxy) is 2. The highest BCUT2D eigenvalue weighted by Gasteiger charge is 2.14. The number of hydrogen-bond donors (Lipinski definition) is 1. The lowest BCUT2D eigenvalue weighted by Crippen LogP contribution is -2.23. The molecular formula is C19H30O3. The van der Waals surface area contributed by atoms with Crippen molar-refractivity contribution in [3.05, 3.63) is 16.9 Å². The Bertz CT molecular complexity index is 416. The average molecular weight is 306 g/mol. The second-order valence-electron chi connectivity index (χ2n) is 5.76. The minimum Gasteiger partial charge on any atom is -0.384 e. The molecule has 0 bridgehead atoms. The molecule has 1 atom stereocenters. The van der Waals surface area contributed by atoms with Crippen molar-refractivity contribution in [2.24, 2.45) is 0 Å². The zero-order chi connectivity index (χ0) is 16.0. The summed E-state index contributed by atoms with van der Waals surface area (Å²) in [7, 11) is 0. The third-order valence-corrected chi connectivity index (χ3v) is 3.64. The van der Waals surface area contributed by atoms with Crippen LogP contribution in [-0.2, 0) is 9.47 Å². The first kappa shape index (κ1) is 19.0. The Labute approximate surface area is 135 Å². The molecule has 0 aromatic rings. The Kier molecular flexibility index (Phi) is 10.8. The minimum absolute atomic E-state index is 0.119. The molecule has 0 radical (unpaired) electrons. The number of unbranched alkanes of at least 4 members (excludes halogenated alkanes) is 3. The molecule has 124 valence electrons. The Hall–Kier alpha value is -1.04. The van der Waals surface area contributed by atoms with Crippen LogP contribution in [0, 0.1) is 11.8 Å². The van der Waals surface area contributed by atoms with Crippen LogP contribution >= 0.6 is 0 Å². The van der Waals surface area contributed by atoms with Gasteiger partial charge in [0, 0.05) is 6.61 Å². The topological polar surface area (TPSA) is 38.7 Å². The first-order valence-electron chi connectivity index (χ1n) is 8.54. The highest BCUT2D eigenvalue weighted by Crippen LogP contribution is 2.15. The van der Waals surface area contributed by atoms with Crippen LogP contribution in [0.4, 0.5) is 0 Å². The van der Waals surface area contributed by atoms with Crippen LogP contribution in [0.25, 0.3) is 0 Å². The molecule has 0 spiro atoms. The molecule has 0 aromatic heterocycles. The zero-order valence-corrected chi connectivity index (χ0v) is 14.1. The van der Waals surface area contributed by atoms with Gasteiger partial charge in [0.05, 0.1) is 12.2 Å². The normalized spacial score (nSPS) is 17.3. The summed E-state index contributed by atoms with van der Waals surface area (Å²) >= 11 is 0. The minimum atomic E-state index is -0.138. The maximum absolute atomic E-state index is 8.88. The van der Waals surface area contributed by atoms with Gasteiger partial charge in [0.1, 0.15) is 6.61 Å². The van der Waals surface area contributed by atoms with E-state index in [0.29, 0.717) is 6.61 Å². The van der Waals surface area contributed by atoms with Crippen LogP contribution in [0.5, 0.6) is 0 Å². The molecule has 1 fully saturated rings. The monoisotopic (exact) mass is 306 g/mol. The van der Waals surface area contributed by atoms with Gasteiger partial charge < -0.3 is 14.6 Å². The van der Waals surface area contributed by atoms with Gasteiger partial charge in [-0.05, 0) is 44.6 Å². The lowest BCUT2D eigenvalue weighted by atomic mass is 10.1. The van der Waals surface area contributed by atoms with Gasteiger partial charge in [0.2, 0.25) is 0 Å². The molecule has 1 aliphatic heterocycles. The van der Waals surface area contributed by atoms with Crippen LogP contribution < -0.4 is 0 Å². The fourth-order valence-corrected chi connectivity index (χ4v) is 2.41. The van der Waals surface area contributed by atoms with Gasteiger partial charge in [-0.25, -0.2) is 0 Å². The third kappa shape index (κ3) is 9.07. The predicted octanol–water partition coefficient (Wildman–Crippen LogP) is 3.97. The molecule has 0 aliphatic carbocycles. The van der Waals surface area contributed by atoms with E-state index in [9.17, 15) is 0 Å². The Morgan fingerprint density at radius 3 is 2.82 bits per heavy atom. The lowest BCUT2D eigenvalue weighted by Gasteiger charge is -2.22. The number of aliphatic hydroxyl groups is 1. The summed E-state index contributed by atoms with van der Waals surface area (Å²) in [5.74, 6) is 5.64. The van der Waals surface area contributed by atoms with Crippen molar-refractivity contribution in [2.45, 2.75) is 71.5 Å². The molecule has 1 aliphatic rings. The van der Waals surface area contributed by atoms with E-state index in [2.05, 4.69) is 31.4 Å². The van der Waals surface area contributed by atoms with Crippen molar-refractivity contribution < 1.29 is 14.6 Å². The second kappa shape index (κ2) is 12.5. The highest BCUT2D eigenvalue weighted by atomic mass is 16.7. The fourth-order valence-electron chi connectivity index (χ4n) is 2.41. The second-order valence-corrected chi connectivity index (χ2v) is 5.76. The maximum Gasteiger partial charge on any atom is 0.158 e. The summed E-state index contributed by atoms with van der Waals surface area (Å²) < 4.78 is 11.3. The Morgan fingerprint density at radius 2 is 2.14 bits per heavy atom. The standard InChI is InChI=1S/C19H30O3/c1-3-4-5-6-10-17(2)15-18(11-9-13-20)16-22-19-12-7-8-14-21-19/h19-20H,3-8,10,12-14,16H2,1-2H3. The van der Waals surface area contributed by atoms with E-state index in [1.165, 1.54) is 31.3 Å². The molecule has 22 heavy (non-hydrogen) atoms. The molecule has 0 aromatic carbocycles. The van der Waals surface area contributed by atoms with Crippen LogP contribution in [0.15, 0.2) is 16.9 Å². The van der Waals surface area contributed by atoms with Gasteiger partial charge in [-0.1, -0.05) is 38.0 Å². The molecule has 0 amide bonds. The number of aliphatic hydroxyl groups excluding tert-OH is 1. The summed E-state index contributed by atoms with van der Waals surface area (Å²) in [6.07, 6.45) is 9.13. The van der Waals surface area contributed by atoms with E-state index in [0.717, 1.165) is 37.9 Å². The molecule has 3 heteroatoms. The molecule has 1 heterocycles. The van der Waals surface area contributed by atoms with Crippen LogP contribution in [0.2, 0.25) is 0 Å². The van der Waals surface area contributed by atoms with Gasteiger partial charge >= 0.3 is 0 Å². The molecule has 1 N–H and O–H groups in total. The van der Waals surface area contributed by atoms with Gasteiger partial charge in [-0.3, -0.25) is 0 Å². The Balaban J connectivity index is 2.54. The predicted molar refractivity (Wildman–Crippen MR) is 89.4 cm³/mol. The van der Waals surface area contributed by atoms with Crippen molar-refractivity contribution in [3.63, 3.8) is 0 Å². The van der Waals surface area contributed by atoms with Crippen molar-refractivity contribution in [3.8, 4) is 11.8 Å². The summed E-state index contributed by atoms with van der Waals surface area (Å²) in [5, 5.41) is 8.88. The van der Waals surface area contributed by atoms with E-state index in [1.807, 2.05) is 0 Å². The number of rotatable bonds is 8. The van der Waals surface area contributed by atoms with Crippen molar-refractivity contribution in [2.75, 3.05) is 19.8 Å². The van der Waals surface area contributed by atoms with Gasteiger partial charge in [0.25, 0.3) is 0 Å². The first-order chi connectivity index (χ1) is 10.8. The van der Waals surface area contributed by atoms with Crippen LogP contribution in [0.1, 0.15) is 65.2 Å². The Morgan fingerprint density at radius 1 is 1.27 bits per heavy atom.